The van der Waals surface area contributed by atoms with E-state index in [4.69, 9.17) is 14.6 Å². The minimum Gasteiger partial charge on any atom is -0.479 e. The third-order valence-electron chi connectivity index (χ3n) is 3.42. The minimum atomic E-state index is -1.03. The highest BCUT2D eigenvalue weighted by molar-refractivity contribution is 5.79. The molecule has 1 atom stereocenters. The first-order chi connectivity index (χ1) is 9.16. The number of hydrogen-bond donors (Lipinski definition) is 2. The molecule has 0 spiro atoms. The van der Waals surface area contributed by atoms with Crippen molar-refractivity contribution in [2.24, 2.45) is 0 Å². The number of piperidine rings is 1. The van der Waals surface area contributed by atoms with Gasteiger partial charge in [-0.05, 0) is 25.9 Å². The van der Waals surface area contributed by atoms with Gasteiger partial charge in [0.15, 0.2) is 6.10 Å². The lowest BCUT2D eigenvalue weighted by Gasteiger charge is -2.31. The summed E-state index contributed by atoms with van der Waals surface area (Å²) in [4.78, 5) is 24.3. The zero-order valence-electron chi connectivity index (χ0n) is 10.8. The van der Waals surface area contributed by atoms with Crippen LogP contribution in [-0.2, 0) is 19.1 Å². The number of amides is 1. The third kappa shape index (κ3) is 4.15. The van der Waals surface area contributed by atoms with Gasteiger partial charge in [-0.3, -0.25) is 4.79 Å². The van der Waals surface area contributed by atoms with E-state index in [1.165, 1.54) is 4.90 Å². The summed E-state index contributed by atoms with van der Waals surface area (Å²) in [5.74, 6) is -1.19. The number of aliphatic carboxylic acids is 1. The van der Waals surface area contributed by atoms with Crippen LogP contribution in [0.3, 0.4) is 0 Å². The van der Waals surface area contributed by atoms with Gasteiger partial charge >= 0.3 is 5.97 Å². The Bertz CT molecular complexity index is 330. The molecule has 7 heteroatoms. The van der Waals surface area contributed by atoms with Crippen LogP contribution in [0.5, 0.6) is 0 Å². The molecule has 2 rings (SSSR count). The molecule has 0 aromatic carbocycles. The van der Waals surface area contributed by atoms with Gasteiger partial charge in [0.25, 0.3) is 0 Å². The van der Waals surface area contributed by atoms with Gasteiger partial charge in [-0.2, -0.15) is 0 Å². The normalized spacial score (nSPS) is 25.3. The maximum absolute atomic E-state index is 11.9. The number of nitrogens with one attached hydrogen (secondary N) is 1. The molecule has 2 fully saturated rings. The van der Waals surface area contributed by atoms with Gasteiger partial charge in [-0.25, -0.2) is 4.79 Å². The molecule has 19 heavy (non-hydrogen) atoms. The lowest BCUT2D eigenvalue weighted by atomic mass is 10.1. The topological polar surface area (TPSA) is 88.1 Å². The molecular weight excluding hydrogens is 252 g/mol. The summed E-state index contributed by atoms with van der Waals surface area (Å²) in [6.07, 6.45) is 1.03. The van der Waals surface area contributed by atoms with Crippen molar-refractivity contribution in [1.29, 1.82) is 0 Å². The fourth-order valence-corrected chi connectivity index (χ4v) is 2.27. The summed E-state index contributed by atoms with van der Waals surface area (Å²) >= 11 is 0. The molecular formula is C12H20N2O5. The van der Waals surface area contributed by atoms with Gasteiger partial charge in [0.2, 0.25) is 5.91 Å². The van der Waals surface area contributed by atoms with E-state index in [2.05, 4.69) is 5.32 Å². The van der Waals surface area contributed by atoms with Gasteiger partial charge in [0, 0.05) is 6.54 Å². The lowest BCUT2D eigenvalue weighted by Crippen LogP contribution is -2.50. The summed E-state index contributed by atoms with van der Waals surface area (Å²) in [5.41, 5.74) is 0. The van der Waals surface area contributed by atoms with Crippen LogP contribution in [0.25, 0.3) is 0 Å². The first-order valence-corrected chi connectivity index (χ1v) is 6.61. The monoisotopic (exact) mass is 272 g/mol. The Morgan fingerprint density at radius 2 is 2.11 bits per heavy atom. The van der Waals surface area contributed by atoms with Gasteiger partial charge < -0.3 is 24.8 Å². The molecule has 0 aliphatic carbocycles. The third-order valence-corrected chi connectivity index (χ3v) is 3.42. The molecule has 2 aliphatic rings. The summed E-state index contributed by atoms with van der Waals surface area (Å²) in [6.45, 7) is 2.64. The highest BCUT2D eigenvalue weighted by Crippen LogP contribution is 2.09. The molecule has 108 valence electrons. The molecule has 0 aromatic heterocycles. The van der Waals surface area contributed by atoms with Crippen LogP contribution in [0.2, 0.25) is 0 Å². The summed E-state index contributed by atoms with van der Waals surface area (Å²) in [5, 5.41) is 12.1. The van der Waals surface area contributed by atoms with Crippen molar-refractivity contribution in [1.82, 2.24) is 10.2 Å². The Hall–Kier alpha value is -1.18. The second-order valence-electron chi connectivity index (χ2n) is 4.80. The van der Waals surface area contributed by atoms with E-state index in [-0.39, 0.29) is 31.8 Å². The van der Waals surface area contributed by atoms with Crippen molar-refractivity contribution < 1.29 is 24.2 Å². The van der Waals surface area contributed by atoms with Gasteiger partial charge in [0.05, 0.1) is 19.3 Å². The van der Waals surface area contributed by atoms with Gasteiger partial charge in [-0.15, -0.1) is 0 Å². The smallest absolute Gasteiger partial charge is 0.334 e. The van der Waals surface area contributed by atoms with Crippen LogP contribution >= 0.6 is 0 Å². The number of carbonyl (C=O) groups is 2. The highest BCUT2D eigenvalue weighted by Gasteiger charge is 2.29. The zero-order chi connectivity index (χ0) is 13.7. The summed E-state index contributed by atoms with van der Waals surface area (Å²) in [6, 6.07) is 0. The van der Waals surface area contributed by atoms with Crippen molar-refractivity contribution >= 4 is 11.9 Å². The molecule has 0 aromatic rings. The molecule has 0 radical (unpaired) electrons. The lowest BCUT2D eigenvalue weighted by molar-refractivity contribution is -0.161. The fourth-order valence-electron chi connectivity index (χ4n) is 2.27. The first-order valence-electron chi connectivity index (χ1n) is 6.61. The van der Waals surface area contributed by atoms with Crippen LogP contribution in [0.4, 0.5) is 0 Å². The maximum Gasteiger partial charge on any atom is 0.334 e. The van der Waals surface area contributed by atoms with E-state index in [1.54, 1.807) is 0 Å². The largest absolute Gasteiger partial charge is 0.479 e. The quantitative estimate of drug-likeness (QED) is 0.687. The summed E-state index contributed by atoms with van der Waals surface area (Å²) in [7, 11) is 0. The molecule has 2 N–H and O–H groups in total. The van der Waals surface area contributed by atoms with E-state index < -0.39 is 12.1 Å². The van der Waals surface area contributed by atoms with E-state index >= 15 is 0 Å². The van der Waals surface area contributed by atoms with E-state index in [0.717, 1.165) is 25.9 Å². The maximum atomic E-state index is 11.9. The Labute approximate surface area is 111 Å². The van der Waals surface area contributed by atoms with Crippen molar-refractivity contribution in [2.75, 3.05) is 39.4 Å². The number of carboxylic acids is 1. The average Bonchev–Trinajstić information content (AvgIpc) is 2.46. The Kier molecular flexibility index (Phi) is 5.12. The number of nitrogens with zero attached hydrogens (tertiary/aromatic N) is 1. The Morgan fingerprint density at radius 1 is 1.37 bits per heavy atom. The number of hydrogen-bond acceptors (Lipinski definition) is 5. The standard InChI is InChI=1S/C12H20N2O5/c15-11(8-19-9-1-3-13-4-2-9)14-5-6-18-10(7-14)12(16)17/h9-10,13H,1-8H2,(H,16,17). The van der Waals surface area contributed by atoms with Crippen LogP contribution in [0.1, 0.15) is 12.8 Å². The fraction of sp³-hybridized carbons (Fsp3) is 0.833. The number of rotatable bonds is 4. The molecule has 2 heterocycles. The molecule has 7 nitrogen and oxygen atoms in total. The number of carbonyl (C=O) groups excluding carboxylic acids is 1. The van der Waals surface area contributed by atoms with Crippen LogP contribution in [-0.4, -0.2) is 73.5 Å². The SMILES string of the molecule is O=C(O)C1CN(C(=O)COC2CCNCC2)CCO1. The number of morpholine rings is 1. The van der Waals surface area contributed by atoms with Crippen molar-refractivity contribution in [3.63, 3.8) is 0 Å². The van der Waals surface area contributed by atoms with Crippen LogP contribution in [0.15, 0.2) is 0 Å². The van der Waals surface area contributed by atoms with E-state index in [0.29, 0.717) is 6.54 Å². The Morgan fingerprint density at radius 3 is 2.79 bits per heavy atom. The molecule has 2 saturated heterocycles. The van der Waals surface area contributed by atoms with Gasteiger partial charge in [-0.1, -0.05) is 0 Å². The molecule has 0 saturated carbocycles. The molecule has 0 bridgehead atoms. The number of carboxylic acid groups (broad SMARTS) is 1. The average molecular weight is 272 g/mol. The molecule has 1 unspecified atom stereocenters. The van der Waals surface area contributed by atoms with Crippen molar-refractivity contribution in [2.45, 2.75) is 25.0 Å². The van der Waals surface area contributed by atoms with Gasteiger partial charge in [0.1, 0.15) is 6.61 Å². The predicted octanol–water partition coefficient (Wildman–Crippen LogP) is -0.933. The van der Waals surface area contributed by atoms with Crippen LogP contribution in [0, 0.1) is 0 Å². The first kappa shape index (κ1) is 14.2. The second-order valence-corrected chi connectivity index (χ2v) is 4.80. The zero-order valence-corrected chi connectivity index (χ0v) is 10.8. The second kappa shape index (κ2) is 6.83. The number of ether oxygens (including phenoxy) is 2. The predicted molar refractivity (Wildman–Crippen MR) is 65.8 cm³/mol. The summed E-state index contributed by atoms with van der Waals surface area (Å²) < 4.78 is 10.6. The molecule has 2 aliphatic heterocycles. The van der Waals surface area contributed by atoms with E-state index in [9.17, 15) is 9.59 Å². The minimum absolute atomic E-state index is 0.0248. The van der Waals surface area contributed by atoms with E-state index in [1.807, 2.05) is 0 Å². The highest BCUT2D eigenvalue weighted by atomic mass is 16.5. The van der Waals surface area contributed by atoms with Crippen molar-refractivity contribution in [3.8, 4) is 0 Å². The van der Waals surface area contributed by atoms with Crippen LogP contribution < -0.4 is 5.32 Å². The molecule has 1 amide bonds. The Balaban J connectivity index is 1.74. The van der Waals surface area contributed by atoms with Crippen molar-refractivity contribution in [3.05, 3.63) is 0 Å².